The van der Waals surface area contributed by atoms with Crippen molar-refractivity contribution in [1.82, 2.24) is 14.8 Å². The van der Waals surface area contributed by atoms with Gasteiger partial charge in [-0.05, 0) is 31.5 Å². The van der Waals surface area contributed by atoms with Gasteiger partial charge in [0.15, 0.2) is 0 Å². The van der Waals surface area contributed by atoms with Gasteiger partial charge in [0.05, 0.1) is 6.54 Å². The van der Waals surface area contributed by atoms with Crippen LogP contribution < -0.4 is 10.5 Å². The van der Waals surface area contributed by atoms with E-state index in [1.807, 2.05) is 38.1 Å². The van der Waals surface area contributed by atoms with E-state index in [9.17, 15) is 5.11 Å². The van der Waals surface area contributed by atoms with Gasteiger partial charge in [0.1, 0.15) is 30.1 Å². The molecule has 0 aliphatic rings. The third-order valence-corrected chi connectivity index (χ3v) is 2.95. The molecule has 1 unspecified atom stereocenters. The Hall–Kier alpha value is -1.92. The van der Waals surface area contributed by atoms with Crippen LogP contribution in [0, 0.1) is 13.8 Å². The maximum Gasteiger partial charge on any atom is 0.147 e. The van der Waals surface area contributed by atoms with E-state index in [-0.39, 0.29) is 6.61 Å². The van der Waals surface area contributed by atoms with Crippen LogP contribution in [0.1, 0.15) is 17.2 Å². The van der Waals surface area contributed by atoms with Crippen LogP contribution in [0.3, 0.4) is 0 Å². The van der Waals surface area contributed by atoms with Crippen LogP contribution in [0.2, 0.25) is 0 Å². The molecular formula is C14H20N4O2. The Balaban J connectivity index is 1.85. The molecule has 1 aromatic carbocycles. The first kappa shape index (κ1) is 14.5. The Morgan fingerprint density at radius 1 is 1.30 bits per heavy atom. The predicted molar refractivity (Wildman–Crippen MR) is 75.3 cm³/mol. The van der Waals surface area contributed by atoms with Crippen LogP contribution in [-0.4, -0.2) is 32.6 Å². The van der Waals surface area contributed by atoms with Crippen molar-refractivity contribution in [2.45, 2.75) is 33.0 Å². The van der Waals surface area contributed by atoms with Crippen molar-refractivity contribution in [1.29, 1.82) is 0 Å². The zero-order valence-electron chi connectivity index (χ0n) is 11.8. The highest BCUT2D eigenvalue weighted by atomic mass is 16.5. The molecule has 0 fully saturated rings. The fraction of sp³-hybridized carbons (Fsp3) is 0.429. The molecule has 6 nitrogen and oxygen atoms in total. The van der Waals surface area contributed by atoms with Gasteiger partial charge in [-0.15, -0.1) is 0 Å². The molecule has 0 spiro atoms. The summed E-state index contributed by atoms with van der Waals surface area (Å²) in [4.78, 5) is 4.19. The van der Waals surface area contributed by atoms with Crippen molar-refractivity contribution in [3.05, 3.63) is 41.5 Å². The minimum atomic E-state index is -0.635. The second-order valence-corrected chi connectivity index (χ2v) is 4.70. The number of aliphatic hydroxyl groups is 1. The van der Waals surface area contributed by atoms with E-state index in [1.165, 1.54) is 0 Å². The fourth-order valence-corrected chi connectivity index (χ4v) is 1.90. The Kier molecular flexibility index (Phi) is 4.70. The van der Waals surface area contributed by atoms with Gasteiger partial charge >= 0.3 is 0 Å². The van der Waals surface area contributed by atoms with Crippen LogP contribution in [0.15, 0.2) is 24.3 Å². The van der Waals surface area contributed by atoms with Gasteiger partial charge in [0, 0.05) is 6.54 Å². The van der Waals surface area contributed by atoms with Crippen molar-refractivity contribution in [2.75, 3.05) is 6.61 Å². The minimum Gasteiger partial charge on any atom is -0.491 e. The summed E-state index contributed by atoms with van der Waals surface area (Å²) in [6.07, 6.45) is -0.635. The third kappa shape index (κ3) is 3.79. The lowest BCUT2D eigenvalue weighted by atomic mass is 10.2. The van der Waals surface area contributed by atoms with E-state index in [0.717, 1.165) is 11.4 Å². The van der Waals surface area contributed by atoms with Crippen molar-refractivity contribution < 1.29 is 9.84 Å². The summed E-state index contributed by atoms with van der Waals surface area (Å²) in [5.74, 6) is 2.20. The second-order valence-electron chi connectivity index (χ2n) is 4.70. The SMILES string of the molecule is Cc1nc(C)n(CC(O)COc2ccc(CN)cc2)n1. The summed E-state index contributed by atoms with van der Waals surface area (Å²) in [6.45, 7) is 4.77. The number of aryl methyl sites for hydroxylation is 2. The smallest absolute Gasteiger partial charge is 0.147 e. The largest absolute Gasteiger partial charge is 0.491 e. The summed E-state index contributed by atoms with van der Waals surface area (Å²) in [5.41, 5.74) is 6.58. The highest BCUT2D eigenvalue weighted by Gasteiger charge is 2.10. The van der Waals surface area contributed by atoms with E-state index < -0.39 is 6.10 Å². The molecule has 0 saturated carbocycles. The van der Waals surface area contributed by atoms with Crippen LogP contribution >= 0.6 is 0 Å². The minimum absolute atomic E-state index is 0.209. The molecule has 3 N–H and O–H groups in total. The number of aliphatic hydroxyl groups excluding tert-OH is 1. The average molecular weight is 276 g/mol. The molecule has 0 bridgehead atoms. The number of hydrogen-bond donors (Lipinski definition) is 2. The van der Waals surface area contributed by atoms with Gasteiger partial charge in [-0.1, -0.05) is 12.1 Å². The third-order valence-electron chi connectivity index (χ3n) is 2.95. The predicted octanol–water partition coefficient (Wildman–Crippen LogP) is 0.794. The van der Waals surface area contributed by atoms with Gasteiger partial charge in [0.2, 0.25) is 0 Å². The molecule has 0 aliphatic heterocycles. The number of aromatic nitrogens is 3. The molecule has 2 aromatic rings. The van der Waals surface area contributed by atoms with Gasteiger partial charge < -0.3 is 15.6 Å². The van der Waals surface area contributed by atoms with Crippen LogP contribution in [0.5, 0.6) is 5.75 Å². The number of hydrogen-bond acceptors (Lipinski definition) is 5. The first-order chi connectivity index (χ1) is 9.58. The molecule has 0 saturated heterocycles. The van der Waals surface area contributed by atoms with E-state index in [2.05, 4.69) is 10.1 Å². The lowest BCUT2D eigenvalue weighted by molar-refractivity contribution is 0.0886. The number of ether oxygens (including phenoxy) is 1. The molecule has 0 radical (unpaired) electrons. The number of nitrogens with two attached hydrogens (primary N) is 1. The van der Waals surface area contributed by atoms with E-state index >= 15 is 0 Å². The van der Waals surface area contributed by atoms with Gasteiger partial charge in [-0.25, -0.2) is 9.67 Å². The molecule has 20 heavy (non-hydrogen) atoms. The zero-order chi connectivity index (χ0) is 14.5. The fourth-order valence-electron chi connectivity index (χ4n) is 1.90. The van der Waals surface area contributed by atoms with Crippen LogP contribution in [0.25, 0.3) is 0 Å². The van der Waals surface area contributed by atoms with Crippen molar-refractivity contribution in [3.63, 3.8) is 0 Å². The van der Waals surface area contributed by atoms with Gasteiger partial charge in [0.25, 0.3) is 0 Å². The summed E-state index contributed by atoms with van der Waals surface area (Å²) < 4.78 is 7.22. The highest BCUT2D eigenvalue weighted by molar-refractivity contribution is 5.27. The standard InChI is InChI=1S/C14H20N4O2/c1-10-16-11(2)18(17-10)8-13(19)9-20-14-5-3-12(7-15)4-6-14/h3-6,13,19H,7-9,15H2,1-2H3. The van der Waals surface area contributed by atoms with Crippen molar-refractivity contribution >= 4 is 0 Å². The molecule has 0 amide bonds. The van der Waals surface area contributed by atoms with Crippen molar-refractivity contribution in [2.24, 2.45) is 5.73 Å². The molecule has 6 heteroatoms. The molecule has 1 atom stereocenters. The Morgan fingerprint density at radius 3 is 2.55 bits per heavy atom. The lowest BCUT2D eigenvalue weighted by Gasteiger charge is -2.13. The quantitative estimate of drug-likeness (QED) is 0.814. The second kappa shape index (κ2) is 6.49. The van der Waals surface area contributed by atoms with E-state index in [1.54, 1.807) is 4.68 Å². The molecular weight excluding hydrogens is 256 g/mol. The van der Waals surface area contributed by atoms with Gasteiger partial charge in [-0.2, -0.15) is 5.10 Å². The average Bonchev–Trinajstić information content (AvgIpc) is 2.75. The van der Waals surface area contributed by atoms with E-state index in [0.29, 0.717) is 24.7 Å². The maximum atomic E-state index is 9.96. The maximum absolute atomic E-state index is 9.96. The first-order valence-electron chi connectivity index (χ1n) is 6.56. The Bertz CT molecular complexity index is 551. The normalized spacial score (nSPS) is 12.4. The molecule has 108 valence electrons. The summed E-state index contributed by atoms with van der Waals surface area (Å²) >= 11 is 0. The van der Waals surface area contributed by atoms with E-state index in [4.69, 9.17) is 10.5 Å². The zero-order valence-corrected chi connectivity index (χ0v) is 11.8. The summed E-state index contributed by atoms with van der Waals surface area (Å²) in [6, 6.07) is 7.51. The van der Waals surface area contributed by atoms with Crippen LogP contribution in [-0.2, 0) is 13.1 Å². The summed E-state index contributed by atoms with van der Waals surface area (Å²) in [7, 11) is 0. The molecule has 2 rings (SSSR count). The number of benzene rings is 1. The molecule has 1 aromatic heterocycles. The first-order valence-corrected chi connectivity index (χ1v) is 6.56. The highest BCUT2D eigenvalue weighted by Crippen LogP contribution is 2.12. The van der Waals surface area contributed by atoms with Crippen molar-refractivity contribution in [3.8, 4) is 5.75 Å². The number of nitrogens with zero attached hydrogens (tertiary/aromatic N) is 3. The summed E-state index contributed by atoms with van der Waals surface area (Å²) in [5, 5.41) is 14.2. The lowest BCUT2D eigenvalue weighted by Crippen LogP contribution is -2.24. The Labute approximate surface area is 118 Å². The topological polar surface area (TPSA) is 86.2 Å². The molecule has 0 aliphatic carbocycles. The van der Waals surface area contributed by atoms with Crippen LogP contribution in [0.4, 0.5) is 0 Å². The number of rotatable bonds is 6. The monoisotopic (exact) mass is 276 g/mol. The van der Waals surface area contributed by atoms with Gasteiger partial charge in [-0.3, -0.25) is 0 Å². The Morgan fingerprint density at radius 2 is 2.00 bits per heavy atom. The molecule has 1 heterocycles.